The molecule has 3 fully saturated rings. The maximum Gasteiger partial charge on any atom is 0.471 e. The normalized spacial score (nSPS) is 26.3. The molecule has 33 heavy (non-hydrogen) atoms. The standard InChI is InChI=1S/C22H27F3N4O3S/c1-33(31,32)28-14-21(15-28,9-10-26)27-11-7-17(8-12-27)29(20(30)22(23,24)25)19-13-18(19)16-5-3-2-4-6-16/h2-6,17-19H,7-9,11-15H2,1H3/t18?,19-/m1/s1. The van der Waals surface area contributed by atoms with Crippen molar-refractivity contribution < 1.29 is 26.4 Å². The molecule has 2 heterocycles. The molecule has 0 aromatic heterocycles. The molecule has 0 radical (unpaired) electrons. The van der Waals surface area contributed by atoms with Gasteiger partial charge in [-0.2, -0.15) is 22.7 Å². The van der Waals surface area contributed by atoms with E-state index < -0.39 is 39.7 Å². The number of nitrogens with zero attached hydrogens (tertiary/aromatic N) is 4. The Morgan fingerprint density at radius 3 is 2.33 bits per heavy atom. The van der Waals surface area contributed by atoms with Crippen LogP contribution in [-0.4, -0.2) is 84.7 Å². The highest BCUT2D eigenvalue weighted by Crippen LogP contribution is 2.48. The quantitative estimate of drug-likeness (QED) is 0.619. The van der Waals surface area contributed by atoms with Crippen LogP contribution in [0.15, 0.2) is 30.3 Å². The van der Waals surface area contributed by atoms with Gasteiger partial charge in [0.25, 0.3) is 0 Å². The van der Waals surface area contributed by atoms with Crippen molar-refractivity contribution in [3.63, 3.8) is 0 Å². The van der Waals surface area contributed by atoms with E-state index in [9.17, 15) is 31.6 Å². The third kappa shape index (κ3) is 4.74. The van der Waals surface area contributed by atoms with Gasteiger partial charge < -0.3 is 4.90 Å². The molecule has 1 aromatic carbocycles. The number of benzene rings is 1. The Balaban J connectivity index is 1.46. The molecule has 1 aromatic rings. The summed E-state index contributed by atoms with van der Waals surface area (Å²) >= 11 is 0. The molecule has 1 aliphatic carbocycles. The van der Waals surface area contributed by atoms with Gasteiger partial charge >= 0.3 is 12.1 Å². The lowest BCUT2D eigenvalue weighted by atomic mass is 9.84. The topological polar surface area (TPSA) is 84.7 Å². The van der Waals surface area contributed by atoms with Crippen molar-refractivity contribution in [1.29, 1.82) is 5.26 Å². The van der Waals surface area contributed by atoms with E-state index in [1.807, 2.05) is 35.2 Å². The first-order valence-electron chi connectivity index (χ1n) is 11.0. The summed E-state index contributed by atoms with van der Waals surface area (Å²) in [6, 6.07) is 10.4. The smallest absolute Gasteiger partial charge is 0.328 e. The molecular formula is C22H27F3N4O3S. The molecule has 0 bridgehead atoms. The van der Waals surface area contributed by atoms with Crippen molar-refractivity contribution >= 4 is 15.9 Å². The van der Waals surface area contributed by atoms with Crippen molar-refractivity contribution in [2.24, 2.45) is 0 Å². The fourth-order valence-corrected chi connectivity index (χ4v) is 6.26. The first kappa shape index (κ1) is 24.0. The zero-order chi connectivity index (χ0) is 24.0. The van der Waals surface area contributed by atoms with E-state index in [4.69, 9.17) is 0 Å². The van der Waals surface area contributed by atoms with Crippen molar-refractivity contribution in [3.8, 4) is 6.07 Å². The Kier molecular flexibility index (Phi) is 6.22. The minimum absolute atomic E-state index is 0.101. The molecule has 0 N–H and O–H groups in total. The monoisotopic (exact) mass is 484 g/mol. The predicted octanol–water partition coefficient (Wildman–Crippen LogP) is 2.33. The van der Waals surface area contributed by atoms with E-state index in [0.29, 0.717) is 32.4 Å². The number of nitriles is 1. The molecule has 1 unspecified atom stereocenters. The number of hydrogen-bond acceptors (Lipinski definition) is 5. The zero-order valence-corrected chi connectivity index (χ0v) is 19.1. The highest BCUT2D eigenvalue weighted by Gasteiger charge is 2.56. The molecule has 1 saturated carbocycles. The summed E-state index contributed by atoms with van der Waals surface area (Å²) in [5, 5.41) is 9.29. The summed E-state index contributed by atoms with van der Waals surface area (Å²) in [5.41, 5.74) is 0.316. The largest absolute Gasteiger partial charge is 0.471 e. The van der Waals surface area contributed by atoms with Gasteiger partial charge in [-0.3, -0.25) is 9.69 Å². The Morgan fingerprint density at radius 1 is 1.21 bits per heavy atom. The van der Waals surface area contributed by atoms with Crippen LogP contribution in [0.25, 0.3) is 0 Å². The van der Waals surface area contributed by atoms with E-state index in [0.717, 1.165) is 16.7 Å². The summed E-state index contributed by atoms with van der Waals surface area (Å²) in [6.07, 6.45) is -2.46. The van der Waals surface area contributed by atoms with Crippen LogP contribution in [0, 0.1) is 11.3 Å². The highest BCUT2D eigenvalue weighted by atomic mass is 32.2. The van der Waals surface area contributed by atoms with E-state index in [1.54, 1.807) is 0 Å². The lowest BCUT2D eigenvalue weighted by Crippen LogP contribution is -2.72. The Morgan fingerprint density at radius 2 is 1.82 bits per heavy atom. The van der Waals surface area contributed by atoms with Crippen molar-refractivity contribution in [1.82, 2.24) is 14.1 Å². The summed E-state index contributed by atoms with van der Waals surface area (Å²) < 4.78 is 65.3. The zero-order valence-electron chi connectivity index (χ0n) is 18.3. The molecular weight excluding hydrogens is 457 g/mol. The fraction of sp³-hybridized carbons (Fsp3) is 0.636. The first-order chi connectivity index (χ1) is 15.5. The molecule has 0 spiro atoms. The van der Waals surface area contributed by atoms with Crippen LogP contribution in [0.4, 0.5) is 13.2 Å². The van der Waals surface area contributed by atoms with Gasteiger partial charge in [0.15, 0.2) is 0 Å². The molecule has 2 aliphatic heterocycles. The van der Waals surface area contributed by atoms with E-state index >= 15 is 0 Å². The van der Waals surface area contributed by atoms with Crippen LogP contribution in [0.1, 0.15) is 37.2 Å². The van der Waals surface area contributed by atoms with Crippen LogP contribution in [0.2, 0.25) is 0 Å². The minimum atomic E-state index is -4.94. The number of amides is 1. The fourth-order valence-electron chi connectivity index (χ4n) is 5.31. The molecule has 1 amide bonds. The van der Waals surface area contributed by atoms with E-state index in [2.05, 4.69) is 6.07 Å². The molecule has 7 nitrogen and oxygen atoms in total. The van der Waals surface area contributed by atoms with Crippen molar-refractivity contribution in [2.45, 2.75) is 55.4 Å². The lowest BCUT2D eigenvalue weighted by Gasteiger charge is -2.56. The van der Waals surface area contributed by atoms with Gasteiger partial charge in [0.1, 0.15) is 0 Å². The van der Waals surface area contributed by atoms with Crippen LogP contribution in [0.5, 0.6) is 0 Å². The first-order valence-corrected chi connectivity index (χ1v) is 12.8. The molecule has 180 valence electrons. The van der Waals surface area contributed by atoms with Crippen LogP contribution < -0.4 is 0 Å². The summed E-state index contributed by atoms with van der Waals surface area (Å²) in [7, 11) is -3.36. The number of carbonyl (C=O) groups is 1. The van der Waals surface area contributed by atoms with Crippen LogP contribution >= 0.6 is 0 Å². The van der Waals surface area contributed by atoms with Gasteiger partial charge in [-0.05, 0) is 24.8 Å². The van der Waals surface area contributed by atoms with Crippen LogP contribution in [-0.2, 0) is 14.8 Å². The number of carbonyl (C=O) groups excluding carboxylic acids is 1. The van der Waals surface area contributed by atoms with Gasteiger partial charge in [0.2, 0.25) is 10.0 Å². The average Bonchev–Trinajstić information content (AvgIpc) is 3.51. The Bertz CT molecular complexity index is 1030. The minimum Gasteiger partial charge on any atom is -0.328 e. The average molecular weight is 485 g/mol. The Hall–Kier alpha value is -2.16. The molecule has 3 aliphatic rings. The number of sulfonamides is 1. The van der Waals surface area contributed by atoms with Crippen molar-refractivity contribution in [3.05, 3.63) is 35.9 Å². The molecule has 4 rings (SSSR count). The van der Waals surface area contributed by atoms with Gasteiger partial charge in [-0.15, -0.1) is 0 Å². The van der Waals surface area contributed by atoms with Gasteiger partial charge in [-0.1, -0.05) is 30.3 Å². The number of halogens is 3. The third-order valence-electron chi connectivity index (χ3n) is 7.17. The lowest BCUT2D eigenvalue weighted by molar-refractivity contribution is -0.190. The van der Waals surface area contributed by atoms with Crippen molar-refractivity contribution in [2.75, 3.05) is 32.4 Å². The second kappa shape index (κ2) is 8.56. The molecule has 2 saturated heterocycles. The SMILES string of the molecule is CS(=O)(=O)N1CC(CC#N)(N2CCC(N(C(=O)C(F)(F)F)[C@@H]3CC3c3ccccc3)CC2)C1. The van der Waals surface area contributed by atoms with E-state index in [-0.39, 0.29) is 25.4 Å². The number of piperidine rings is 1. The maximum absolute atomic E-state index is 13.5. The molecule has 2 atom stereocenters. The van der Waals surface area contributed by atoms with Crippen LogP contribution in [0.3, 0.4) is 0 Å². The number of rotatable bonds is 6. The third-order valence-corrected chi connectivity index (χ3v) is 8.36. The maximum atomic E-state index is 13.5. The second-order valence-corrected chi connectivity index (χ2v) is 11.3. The predicted molar refractivity (Wildman–Crippen MR) is 114 cm³/mol. The van der Waals surface area contributed by atoms with E-state index in [1.165, 1.54) is 4.31 Å². The highest BCUT2D eigenvalue weighted by molar-refractivity contribution is 7.88. The summed E-state index contributed by atoms with van der Waals surface area (Å²) in [4.78, 5) is 15.5. The number of alkyl halides is 3. The van der Waals surface area contributed by atoms with Gasteiger partial charge in [-0.25, -0.2) is 8.42 Å². The second-order valence-electron chi connectivity index (χ2n) is 9.34. The summed E-state index contributed by atoms with van der Waals surface area (Å²) in [6.45, 7) is 1.23. The Labute approximate surface area is 191 Å². The van der Waals surface area contributed by atoms with Gasteiger partial charge in [0, 0.05) is 44.2 Å². The number of likely N-dealkylation sites (tertiary alicyclic amines) is 1. The summed E-state index contributed by atoms with van der Waals surface area (Å²) in [5.74, 6) is -1.89. The number of hydrogen-bond donors (Lipinski definition) is 0. The molecule has 11 heteroatoms. The van der Waals surface area contributed by atoms with Gasteiger partial charge in [0.05, 0.1) is 24.3 Å².